The summed E-state index contributed by atoms with van der Waals surface area (Å²) in [5.41, 5.74) is 0.262. The van der Waals surface area contributed by atoms with Crippen LogP contribution in [0.4, 0.5) is 13.2 Å². The molecule has 0 saturated carbocycles. The first-order valence-corrected chi connectivity index (χ1v) is 9.63. The number of benzene rings is 2. The molecule has 1 N–H and O–H groups in total. The third kappa shape index (κ3) is 5.59. The maximum atomic E-state index is 12.9. The Labute approximate surface area is 167 Å². The summed E-state index contributed by atoms with van der Waals surface area (Å²) in [5.74, 6) is -0.949. The molecule has 29 heavy (non-hydrogen) atoms. The summed E-state index contributed by atoms with van der Waals surface area (Å²) in [6, 6.07) is 14.2. The first-order valence-electron chi connectivity index (χ1n) is 9.63. The summed E-state index contributed by atoms with van der Waals surface area (Å²) < 4.78 is 38.7. The van der Waals surface area contributed by atoms with E-state index in [1.807, 2.05) is 30.3 Å². The summed E-state index contributed by atoms with van der Waals surface area (Å²) in [7, 11) is 0. The second-order valence-electron chi connectivity index (χ2n) is 7.20. The lowest BCUT2D eigenvalue weighted by Crippen LogP contribution is -2.45. The number of halogens is 3. The van der Waals surface area contributed by atoms with E-state index in [9.17, 15) is 22.8 Å². The van der Waals surface area contributed by atoms with Crippen LogP contribution in [-0.2, 0) is 17.4 Å². The number of hydrogen-bond acceptors (Lipinski definition) is 2. The van der Waals surface area contributed by atoms with Crippen LogP contribution in [0, 0.1) is 5.92 Å². The number of piperidine rings is 1. The number of likely N-dealkylation sites (tertiary alicyclic amines) is 1. The van der Waals surface area contributed by atoms with Gasteiger partial charge >= 0.3 is 6.18 Å². The molecule has 7 heteroatoms. The minimum atomic E-state index is -4.50. The molecule has 0 aliphatic carbocycles. The Kier molecular flexibility index (Phi) is 6.56. The van der Waals surface area contributed by atoms with E-state index in [2.05, 4.69) is 5.32 Å². The van der Waals surface area contributed by atoms with Gasteiger partial charge in [0.05, 0.1) is 11.5 Å². The van der Waals surface area contributed by atoms with Gasteiger partial charge in [0.1, 0.15) is 0 Å². The molecule has 1 saturated heterocycles. The van der Waals surface area contributed by atoms with Crippen LogP contribution in [0.1, 0.15) is 34.3 Å². The Bertz CT molecular complexity index is 853. The van der Waals surface area contributed by atoms with Crippen molar-refractivity contribution in [3.05, 3.63) is 71.3 Å². The first-order chi connectivity index (χ1) is 13.8. The quantitative estimate of drug-likeness (QED) is 0.821. The predicted molar refractivity (Wildman–Crippen MR) is 103 cm³/mol. The number of nitrogens with zero attached hydrogens (tertiary/aromatic N) is 1. The fourth-order valence-electron chi connectivity index (χ4n) is 3.51. The molecule has 0 radical (unpaired) electrons. The van der Waals surface area contributed by atoms with Gasteiger partial charge in [0.25, 0.3) is 5.91 Å². The van der Waals surface area contributed by atoms with Gasteiger partial charge in [-0.05, 0) is 43.0 Å². The van der Waals surface area contributed by atoms with Crippen molar-refractivity contribution in [3.8, 4) is 0 Å². The number of nitrogens with one attached hydrogen (secondary N) is 1. The van der Waals surface area contributed by atoms with Gasteiger partial charge in [-0.1, -0.05) is 36.4 Å². The maximum absolute atomic E-state index is 12.9. The molecule has 2 aromatic rings. The summed E-state index contributed by atoms with van der Waals surface area (Å²) in [6.45, 7) is 1.15. The second kappa shape index (κ2) is 9.11. The summed E-state index contributed by atoms with van der Waals surface area (Å²) in [5, 5.41) is 2.90. The lowest BCUT2D eigenvalue weighted by atomic mass is 9.96. The predicted octanol–water partition coefficient (Wildman–Crippen LogP) is 3.92. The number of hydrogen-bond donors (Lipinski definition) is 1. The Morgan fingerprint density at radius 1 is 1.07 bits per heavy atom. The Balaban J connectivity index is 1.57. The zero-order valence-electron chi connectivity index (χ0n) is 15.9. The van der Waals surface area contributed by atoms with Crippen LogP contribution in [0.3, 0.4) is 0 Å². The van der Waals surface area contributed by atoms with Crippen molar-refractivity contribution in [1.29, 1.82) is 0 Å². The lowest BCUT2D eigenvalue weighted by Gasteiger charge is -2.32. The zero-order valence-corrected chi connectivity index (χ0v) is 15.9. The average molecular weight is 404 g/mol. The van der Waals surface area contributed by atoms with Gasteiger partial charge in [-0.25, -0.2) is 0 Å². The van der Waals surface area contributed by atoms with Crippen LogP contribution in [0.2, 0.25) is 0 Å². The largest absolute Gasteiger partial charge is 0.416 e. The normalized spacial score (nSPS) is 17.1. The van der Waals surface area contributed by atoms with Crippen molar-refractivity contribution >= 4 is 11.8 Å². The molecule has 0 aromatic heterocycles. The fraction of sp³-hybridized carbons (Fsp3) is 0.364. The highest BCUT2D eigenvalue weighted by atomic mass is 19.4. The molecular weight excluding hydrogens is 381 g/mol. The van der Waals surface area contributed by atoms with Gasteiger partial charge in [-0.15, -0.1) is 0 Å². The molecular formula is C22H23F3N2O2. The van der Waals surface area contributed by atoms with Gasteiger partial charge < -0.3 is 10.2 Å². The molecule has 154 valence electrons. The molecule has 1 unspecified atom stereocenters. The van der Waals surface area contributed by atoms with Crippen LogP contribution in [-0.4, -0.2) is 36.3 Å². The molecule has 1 heterocycles. The Morgan fingerprint density at radius 3 is 2.55 bits per heavy atom. The van der Waals surface area contributed by atoms with Crippen LogP contribution >= 0.6 is 0 Å². The average Bonchev–Trinajstić information content (AvgIpc) is 2.73. The fourth-order valence-corrected chi connectivity index (χ4v) is 3.51. The SMILES string of the molecule is O=C(NCCc1ccccc1)C1CCCN(C(=O)c2cccc(C(F)(F)F)c2)C1. The maximum Gasteiger partial charge on any atom is 0.416 e. The molecule has 3 rings (SSSR count). The number of amides is 2. The van der Waals surface area contributed by atoms with Gasteiger partial charge in [0.2, 0.25) is 5.91 Å². The topological polar surface area (TPSA) is 49.4 Å². The highest BCUT2D eigenvalue weighted by molar-refractivity contribution is 5.95. The Hall–Kier alpha value is -2.83. The summed E-state index contributed by atoms with van der Waals surface area (Å²) in [6.07, 6.45) is -2.49. The molecule has 1 aliphatic heterocycles. The van der Waals surface area contributed by atoms with E-state index in [1.54, 1.807) is 0 Å². The van der Waals surface area contributed by atoms with E-state index in [1.165, 1.54) is 17.0 Å². The molecule has 1 fully saturated rings. The third-order valence-corrected chi connectivity index (χ3v) is 5.07. The van der Waals surface area contributed by atoms with E-state index < -0.39 is 17.6 Å². The smallest absolute Gasteiger partial charge is 0.355 e. The summed E-state index contributed by atoms with van der Waals surface area (Å²) in [4.78, 5) is 26.6. The van der Waals surface area contributed by atoms with Crippen LogP contribution in [0.25, 0.3) is 0 Å². The van der Waals surface area contributed by atoms with Gasteiger partial charge in [-0.3, -0.25) is 9.59 Å². The minimum Gasteiger partial charge on any atom is -0.355 e. The standard InChI is InChI=1S/C22H23F3N2O2/c23-22(24,25)19-10-4-8-17(14-19)21(29)27-13-5-9-18(15-27)20(28)26-12-11-16-6-2-1-3-7-16/h1-4,6-8,10,14,18H,5,9,11-13,15H2,(H,26,28). The van der Waals surface area contributed by atoms with E-state index in [0.717, 1.165) is 17.7 Å². The minimum absolute atomic E-state index is 0.00930. The van der Waals surface area contributed by atoms with E-state index in [4.69, 9.17) is 0 Å². The number of carbonyl (C=O) groups is 2. The molecule has 1 aliphatic rings. The molecule has 1 atom stereocenters. The summed E-state index contributed by atoms with van der Waals surface area (Å²) >= 11 is 0. The van der Waals surface area contributed by atoms with E-state index >= 15 is 0 Å². The number of alkyl halides is 3. The van der Waals surface area contributed by atoms with E-state index in [-0.39, 0.29) is 23.9 Å². The van der Waals surface area contributed by atoms with Crippen molar-refractivity contribution in [3.63, 3.8) is 0 Å². The lowest BCUT2D eigenvalue weighted by molar-refractivity contribution is -0.137. The molecule has 2 aromatic carbocycles. The van der Waals surface area contributed by atoms with Crippen LogP contribution < -0.4 is 5.32 Å². The van der Waals surface area contributed by atoms with Gasteiger partial charge in [-0.2, -0.15) is 13.2 Å². The molecule has 0 spiro atoms. The van der Waals surface area contributed by atoms with Gasteiger partial charge in [0, 0.05) is 25.2 Å². The monoisotopic (exact) mass is 404 g/mol. The van der Waals surface area contributed by atoms with Crippen LogP contribution in [0.5, 0.6) is 0 Å². The highest BCUT2D eigenvalue weighted by Gasteiger charge is 2.32. The third-order valence-electron chi connectivity index (χ3n) is 5.07. The van der Waals surface area contributed by atoms with Crippen molar-refractivity contribution < 1.29 is 22.8 Å². The van der Waals surface area contributed by atoms with Crippen molar-refractivity contribution in [2.24, 2.45) is 5.92 Å². The zero-order chi connectivity index (χ0) is 20.9. The Morgan fingerprint density at radius 2 is 1.83 bits per heavy atom. The van der Waals surface area contributed by atoms with E-state index in [0.29, 0.717) is 32.4 Å². The van der Waals surface area contributed by atoms with Crippen molar-refractivity contribution in [2.45, 2.75) is 25.4 Å². The first kappa shape index (κ1) is 20.9. The van der Waals surface area contributed by atoms with Gasteiger partial charge in [0.15, 0.2) is 0 Å². The second-order valence-corrected chi connectivity index (χ2v) is 7.20. The molecule has 0 bridgehead atoms. The number of carbonyl (C=O) groups excluding carboxylic acids is 2. The number of rotatable bonds is 5. The molecule has 4 nitrogen and oxygen atoms in total. The van der Waals surface area contributed by atoms with Crippen LogP contribution in [0.15, 0.2) is 54.6 Å². The van der Waals surface area contributed by atoms with Crippen molar-refractivity contribution in [1.82, 2.24) is 10.2 Å². The highest BCUT2D eigenvalue weighted by Crippen LogP contribution is 2.30. The molecule has 2 amide bonds. The van der Waals surface area contributed by atoms with Crippen molar-refractivity contribution in [2.75, 3.05) is 19.6 Å².